The van der Waals surface area contributed by atoms with Crippen LogP contribution in [-0.4, -0.2) is 37.1 Å². The summed E-state index contributed by atoms with van der Waals surface area (Å²) in [5.41, 5.74) is 0.439. The van der Waals surface area contributed by atoms with Crippen molar-refractivity contribution in [3.05, 3.63) is 54.6 Å². The van der Waals surface area contributed by atoms with Crippen molar-refractivity contribution in [1.29, 1.82) is 0 Å². The predicted octanol–water partition coefficient (Wildman–Crippen LogP) is 2.25. The third-order valence-electron chi connectivity index (χ3n) is 3.63. The Labute approximate surface area is 144 Å². The Bertz CT molecular complexity index is 835. The Balaban J connectivity index is 1.85. The number of carbonyl (C=O) groups excluding carboxylic acids is 2. The molecule has 0 spiro atoms. The average Bonchev–Trinajstić information content (AvgIpc) is 2.64. The number of amides is 2. The first-order valence-electron chi connectivity index (χ1n) is 7.63. The van der Waals surface area contributed by atoms with Crippen molar-refractivity contribution in [2.75, 3.05) is 30.5 Å². The van der Waals surface area contributed by atoms with Gasteiger partial charge in [0.15, 0.2) is 18.2 Å². The number of carbonyl (C=O) groups is 2. The zero-order valence-electron chi connectivity index (χ0n) is 13.7. The third-order valence-corrected chi connectivity index (χ3v) is 3.63. The highest BCUT2D eigenvalue weighted by atomic mass is 16.5. The molecular weight excluding hydrogens is 322 g/mol. The Morgan fingerprint density at radius 2 is 2.28 bits per heavy atom. The van der Waals surface area contributed by atoms with Gasteiger partial charge in [0.2, 0.25) is 0 Å². The van der Waals surface area contributed by atoms with Crippen molar-refractivity contribution in [3.63, 3.8) is 0 Å². The van der Waals surface area contributed by atoms with E-state index in [1.54, 1.807) is 42.5 Å². The van der Waals surface area contributed by atoms with E-state index < -0.39 is 0 Å². The smallest absolute Gasteiger partial charge is 0.266 e. The van der Waals surface area contributed by atoms with Crippen LogP contribution in [0.4, 0.5) is 11.6 Å². The first-order valence-corrected chi connectivity index (χ1v) is 7.63. The van der Waals surface area contributed by atoms with Crippen LogP contribution < -0.4 is 19.7 Å². The number of benzene rings is 1. The molecule has 1 N–H and O–H groups in total. The van der Waals surface area contributed by atoms with E-state index in [0.29, 0.717) is 35.2 Å². The molecule has 0 bridgehead atoms. The fourth-order valence-corrected chi connectivity index (χ4v) is 2.42. The van der Waals surface area contributed by atoms with Gasteiger partial charge >= 0.3 is 0 Å². The maximum atomic E-state index is 12.4. The van der Waals surface area contributed by atoms with Gasteiger partial charge in [-0.2, -0.15) is 0 Å². The zero-order valence-corrected chi connectivity index (χ0v) is 13.7. The van der Waals surface area contributed by atoms with Crippen molar-refractivity contribution in [2.24, 2.45) is 0 Å². The van der Waals surface area contributed by atoms with Crippen LogP contribution in [0.3, 0.4) is 0 Å². The molecule has 0 unspecified atom stereocenters. The maximum Gasteiger partial charge on any atom is 0.266 e. The summed E-state index contributed by atoms with van der Waals surface area (Å²) in [6, 6.07) is 10.1. The van der Waals surface area contributed by atoms with Crippen LogP contribution in [0, 0.1) is 0 Å². The molecule has 0 saturated heterocycles. The number of rotatable bonds is 5. The van der Waals surface area contributed by atoms with Gasteiger partial charge in [0, 0.05) is 12.1 Å². The molecule has 128 valence electrons. The monoisotopic (exact) mass is 339 g/mol. The zero-order chi connectivity index (χ0) is 17.8. The van der Waals surface area contributed by atoms with Crippen molar-refractivity contribution >= 4 is 23.5 Å². The van der Waals surface area contributed by atoms with Gasteiger partial charge in [0.25, 0.3) is 11.8 Å². The van der Waals surface area contributed by atoms with E-state index in [1.807, 2.05) is 0 Å². The second-order valence-corrected chi connectivity index (χ2v) is 5.29. The summed E-state index contributed by atoms with van der Waals surface area (Å²) < 4.78 is 10.5. The summed E-state index contributed by atoms with van der Waals surface area (Å²) in [6.45, 7) is 3.92. The normalized spacial score (nSPS) is 12.8. The highest BCUT2D eigenvalue weighted by Gasteiger charge is 2.26. The Kier molecular flexibility index (Phi) is 4.65. The van der Waals surface area contributed by atoms with E-state index in [4.69, 9.17) is 9.47 Å². The molecule has 3 rings (SSSR count). The second-order valence-electron chi connectivity index (χ2n) is 5.29. The van der Waals surface area contributed by atoms with Crippen LogP contribution in [0.15, 0.2) is 49.1 Å². The molecule has 7 heteroatoms. The van der Waals surface area contributed by atoms with E-state index in [0.717, 1.165) is 0 Å². The molecule has 7 nitrogen and oxygen atoms in total. The number of anilines is 2. The number of nitrogens with zero attached hydrogens (tertiary/aromatic N) is 2. The molecule has 1 aliphatic heterocycles. The van der Waals surface area contributed by atoms with Gasteiger partial charge in [-0.3, -0.25) is 14.5 Å². The molecular formula is C18H17N3O4. The summed E-state index contributed by atoms with van der Waals surface area (Å²) in [4.78, 5) is 30.2. The summed E-state index contributed by atoms with van der Waals surface area (Å²) in [5, 5.41) is 2.71. The molecule has 1 aliphatic rings. The van der Waals surface area contributed by atoms with E-state index in [-0.39, 0.29) is 18.4 Å². The van der Waals surface area contributed by atoms with E-state index in [1.165, 1.54) is 12.0 Å². The number of pyridine rings is 1. The average molecular weight is 339 g/mol. The summed E-state index contributed by atoms with van der Waals surface area (Å²) >= 11 is 0. The minimum Gasteiger partial charge on any atom is -0.497 e. The van der Waals surface area contributed by atoms with Crippen LogP contribution >= 0.6 is 0 Å². The second kappa shape index (κ2) is 7.04. The maximum absolute atomic E-state index is 12.4. The summed E-state index contributed by atoms with van der Waals surface area (Å²) in [7, 11) is 1.53. The minimum atomic E-state index is -0.329. The lowest BCUT2D eigenvalue weighted by atomic mass is 10.2. The van der Waals surface area contributed by atoms with Gasteiger partial charge in [0.05, 0.1) is 7.11 Å². The Hall–Kier alpha value is -3.35. The van der Waals surface area contributed by atoms with Crippen LogP contribution in [0.1, 0.15) is 10.4 Å². The van der Waals surface area contributed by atoms with Gasteiger partial charge in [0.1, 0.15) is 11.6 Å². The number of hydrogen-bond acceptors (Lipinski definition) is 5. The van der Waals surface area contributed by atoms with Crippen molar-refractivity contribution < 1.29 is 19.1 Å². The molecule has 0 saturated carbocycles. The molecule has 0 atom stereocenters. The highest BCUT2D eigenvalue weighted by molar-refractivity contribution is 6.04. The van der Waals surface area contributed by atoms with E-state index in [9.17, 15) is 9.59 Å². The molecule has 0 aliphatic carbocycles. The minimum absolute atomic E-state index is 0.0436. The number of aromatic nitrogens is 1. The Morgan fingerprint density at radius 3 is 3.04 bits per heavy atom. The molecule has 0 radical (unpaired) electrons. The first kappa shape index (κ1) is 16.5. The van der Waals surface area contributed by atoms with E-state index >= 15 is 0 Å². The van der Waals surface area contributed by atoms with Crippen molar-refractivity contribution in [2.45, 2.75) is 0 Å². The molecule has 25 heavy (non-hydrogen) atoms. The van der Waals surface area contributed by atoms with Gasteiger partial charge in [-0.15, -0.1) is 6.58 Å². The van der Waals surface area contributed by atoms with Crippen molar-refractivity contribution in [1.82, 2.24) is 4.98 Å². The summed E-state index contributed by atoms with van der Waals surface area (Å²) in [6.07, 6.45) is 1.61. The van der Waals surface area contributed by atoms with Gasteiger partial charge < -0.3 is 14.8 Å². The predicted molar refractivity (Wildman–Crippen MR) is 93.2 cm³/mol. The fraction of sp³-hybridized carbons (Fsp3) is 0.167. The number of nitrogens with one attached hydrogen (secondary N) is 1. The molecule has 0 fully saturated rings. The standard InChI is InChI=1S/C18H17N3O4/c1-3-9-21-16(22)11-25-14-7-8-15(19-17(14)21)20-18(23)12-5-4-6-13(10-12)24-2/h3-8,10H,1,9,11H2,2H3,(H,19,20,23). The SMILES string of the molecule is C=CCN1C(=O)COc2ccc(NC(=O)c3cccc(OC)c3)nc21. The molecule has 2 heterocycles. The number of methoxy groups -OCH3 is 1. The van der Waals surface area contributed by atoms with Gasteiger partial charge in [-0.05, 0) is 30.3 Å². The van der Waals surface area contributed by atoms with E-state index in [2.05, 4.69) is 16.9 Å². The molecule has 1 aromatic carbocycles. The lowest BCUT2D eigenvalue weighted by Gasteiger charge is -2.27. The van der Waals surface area contributed by atoms with Crippen LogP contribution in [0.25, 0.3) is 0 Å². The molecule has 2 aromatic rings. The van der Waals surface area contributed by atoms with Crippen LogP contribution in [0.5, 0.6) is 11.5 Å². The number of ether oxygens (including phenoxy) is 2. The topological polar surface area (TPSA) is 80.8 Å². The Morgan fingerprint density at radius 1 is 1.44 bits per heavy atom. The van der Waals surface area contributed by atoms with Gasteiger partial charge in [-0.1, -0.05) is 12.1 Å². The summed E-state index contributed by atoms with van der Waals surface area (Å²) in [5.74, 6) is 1.21. The number of fused-ring (bicyclic) bond motifs is 1. The quantitative estimate of drug-likeness (QED) is 0.845. The van der Waals surface area contributed by atoms with Crippen LogP contribution in [-0.2, 0) is 4.79 Å². The van der Waals surface area contributed by atoms with Crippen LogP contribution in [0.2, 0.25) is 0 Å². The largest absolute Gasteiger partial charge is 0.497 e. The fourth-order valence-electron chi connectivity index (χ4n) is 2.42. The number of hydrogen-bond donors (Lipinski definition) is 1. The lowest BCUT2D eigenvalue weighted by Crippen LogP contribution is -2.39. The highest BCUT2D eigenvalue weighted by Crippen LogP contribution is 2.31. The van der Waals surface area contributed by atoms with Gasteiger partial charge in [-0.25, -0.2) is 4.98 Å². The molecule has 1 aromatic heterocycles. The first-order chi connectivity index (χ1) is 12.1. The third kappa shape index (κ3) is 3.45. The molecule has 2 amide bonds. The lowest BCUT2D eigenvalue weighted by molar-refractivity contribution is -0.121. The van der Waals surface area contributed by atoms with Crippen molar-refractivity contribution in [3.8, 4) is 11.5 Å².